The fourth-order valence-electron chi connectivity index (χ4n) is 2.31. The molecule has 1 aliphatic heterocycles. The highest BCUT2D eigenvalue weighted by molar-refractivity contribution is 5.94. The number of hydrogen-bond acceptors (Lipinski definition) is 2. The van der Waals surface area contributed by atoms with Crippen molar-refractivity contribution in [3.63, 3.8) is 0 Å². The molecule has 0 saturated carbocycles. The first-order chi connectivity index (χ1) is 10.5. The summed E-state index contributed by atoms with van der Waals surface area (Å²) in [5, 5.41) is 0. The first kappa shape index (κ1) is 20.6. The first-order valence-electron chi connectivity index (χ1n) is 8.20. The zero-order chi connectivity index (χ0) is 17.3. The van der Waals surface area contributed by atoms with Crippen molar-refractivity contribution in [1.29, 1.82) is 0 Å². The minimum absolute atomic E-state index is 0.158. The molecule has 4 heteroatoms. The summed E-state index contributed by atoms with van der Waals surface area (Å²) in [4.78, 5) is 15.4. The molecule has 1 amide bonds. The lowest BCUT2D eigenvalue weighted by molar-refractivity contribution is 0.0820. The highest BCUT2D eigenvalue weighted by atomic mass is 19.1. The summed E-state index contributed by atoms with van der Waals surface area (Å²) in [7, 11) is 3.26. The maximum absolute atomic E-state index is 14.2. The van der Waals surface area contributed by atoms with Crippen molar-refractivity contribution in [2.75, 3.05) is 27.2 Å². The Balaban J connectivity index is 0.00000102. The molecule has 0 aromatic heterocycles. The molecular formula is C18H31FN2O. The topological polar surface area (TPSA) is 23.6 Å². The third kappa shape index (κ3) is 5.41. The van der Waals surface area contributed by atoms with Crippen molar-refractivity contribution >= 4 is 5.91 Å². The summed E-state index contributed by atoms with van der Waals surface area (Å²) < 4.78 is 14.2. The summed E-state index contributed by atoms with van der Waals surface area (Å²) in [5.41, 5.74) is 0.765. The lowest BCUT2D eigenvalue weighted by Gasteiger charge is -2.37. The van der Waals surface area contributed by atoms with Gasteiger partial charge < -0.3 is 4.90 Å². The lowest BCUT2D eigenvalue weighted by atomic mass is 10.0. The van der Waals surface area contributed by atoms with Crippen LogP contribution in [0.3, 0.4) is 0 Å². The summed E-state index contributed by atoms with van der Waals surface area (Å²) >= 11 is 0. The number of likely N-dealkylation sites (tertiary alicyclic amines) is 1. The average Bonchev–Trinajstić information content (AvgIpc) is 2.51. The Bertz CT molecular complexity index is 454. The van der Waals surface area contributed by atoms with Gasteiger partial charge in [0.05, 0.1) is 5.56 Å². The van der Waals surface area contributed by atoms with Crippen molar-refractivity contribution < 1.29 is 9.18 Å². The smallest absolute Gasteiger partial charge is 0.256 e. The molecule has 0 unspecified atom stereocenters. The summed E-state index contributed by atoms with van der Waals surface area (Å²) in [5.74, 6) is 0.0294. The molecule has 1 aliphatic rings. The van der Waals surface area contributed by atoms with E-state index in [1.165, 1.54) is 4.90 Å². The number of rotatable bonds is 3. The van der Waals surface area contributed by atoms with E-state index >= 15 is 0 Å². The minimum Gasteiger partial charge on any atom is -0.345 e. The Morgan fingerprint density at radius 2 is 1.77 bits per heavy atom. The summed E-state index contributed by atoms with van der Waals surface area (Å²) in [6.07, 6.45) is 0. The van der Waals surface area contributed by atoms with Gasteiger partial charge in [-0.1, -0.05) is 46.8 Å². The van der Waals surface area contributed by atoms with Gasteiger partial charge in [-0.2, -0.15) is 0 Å². The molecule has 1 saturated heterocycles. The Morgan fingerprint density at radius 1 is 1.23 bits per heavy atom. The molecule has 0 radical (unpaired) electrons. The standard InChI is InChI=1S/C14H19FN2O.2C2H6/c1-10-7-17(8-10)9-11-5-4-6-12(13(11)15)14(18)16(2)3;2*1-2/h4-6,10H,7-9H2,1-3H3;2*1-2H3. The van der Waals surface area contributed by atoms with Crippen LogP contribution in [0, 0.1) is 11.7 Å². The maximum atomic E-state index is 14.2. The van der Waals surface area contributed by atoms with Crippen molar-refractivity contribution in [1.82, 2.24) is 9.80 Å². The van der Waals surface area contributed by atoms with Gasteiger partial charge in [0.2, 0.25) is 0 Å². The van der Waals surface area contributed by atoms with E-state index in [2.05, 4.69) is 11.8 Å². The summed E-state index contributed by atoms with van der Waals surface area (Å²) in [6.45, 7) is 12.8. The minimum atomic E-state index is -0.379. The molecule has 1 aromatic carbocycles. The maximum Gasteiger partial charge on any atom is 0.256 e. The zero-order valence-electron chi connectivity index (χ0n) is 15.1. The number of carbonyl (C=O) groups excluding carboxylic acids is 1. The molecule has 0 atom stereocenters. The second-order valence-electron chi connectivity index (χ2n) is 5.28. The van der Waals surface area contributed by atoms with Gasteiger partial charge in [-0.25, -0.2) is 4.39 Å². The first-order valence-corrected chi connectivity index (χ1v) is 8.20. The molecule has 2 rings (SSSR count). The van der Waals surface area contributed by atoms with Gasteiger partial charge in [0.25, 0.3) is 5.91 Å². The van der Waals surface area contributed by atoms with Crippen LogP contribution in [0.5, 0.6) is 0 Å². The van der Waals surface area contributed by atoms with Gasteiger partial charge in [-0.3, -0.25) is 9.69 Å². The monoisotopic (exact) mass is 310 g/mol. The molecule has 1 fully saturated rings. The quantitative estimate of drug-likeness (QED) is 0.841. The molecular weight excluding hydrogens is 279 g/mol. The Kier molecular flexibility index (Phi) is 9.66. The van der Waals surface area contributed by atoms with Gasteiger partial charge in [-0.05, 0) is 12.0 Å². The lowest BCUT2D eigenvalue weighted by Crippen LogP contribution is -2.44. The van der Waals surface area contributed by atoms with E-state index in [1.807, 2.05) is 27.7 Å². The van der Waals surface area contributed by atoms with Crippen LogP contribution in [0.25, 0.3) is 0 Å². The van der Waals surface area contributed by atoms with Crippen LogP contribution < -0.4 is 0 Å². The number of benzene rings is 1. The number of hydrogen-bond donors (Lipinski definition) is 0. The van der Waals surface area contributed by atoms with Gasteiger partial charge in [0.15, 0.2) is 0 Å². The van der Waals surface area contributed by atoms with Crippen LogP contribution in [-0.2, 0) is 6.54 Å². The molecule has 22 heavy (non-hydrogen) atoms. The highest BCUT2D eigenvalue weighted by Gasteiger charge is 2.24. The van der Waals surface area contributed by atoms with E-state index in [0.717, 1.165) is 13.1 Å². The van der Waals surface area contributed by atoms with Gasteiger partial charge >= 0.3 is 0 Å². The van der Waals surface area contributed by atoms with Crippen molar-refractivity contribution in [3.05, 3.63) is 35.1 Å². The highest BCUT2D eigenvalue weighted by Crippen LogP contribution is 2.21. The third-order valence-electron chi connectivity index (χ3n) is 3.25. The van der Waals surface area contributed by atoms with Crippen molar-refractivity contribution in [3.8, 4) is 0 Å². The second-order valence-corrected chi connectivity index (χ2v) is 5.28. The Morgan fingerprint density at radius 3 is 2.23 bits per heavy atom. The summed E-state index contributed by atoms with van der Waals surface area (Å²) in [6, 6.07) is 5.04. The van der Waals surface area contributed by atoms with Crippen LogP contribution >= 0.6 is 0 Å². The van der Waals surface area contributed by atoms with E-state index in [-0.39, 0.29) is 17.3 Å². The Hall–Kier alpha value is -1.42. The van der Waals surface area contributed by atoms with E-state index in [4.69, 9.17) is 0 Å². The van der Waals surface area contributed by atoms with Gasteiger partial charge in [0, 0.05) is 39.3 Å². The van der Waals surface area contributed by atoms with Crippen molar-refractivity contribution in [2.24, 2.45) is 5.92 Å². The number of nitrogens with zero attached hydrogens (tertiary/aromatic N) is 2. The van der Waals surface area contributed by atoms with E-state index < -0.39 is 0 Å². The van der Waals surface area contributed by atoms with Crippen LogP contribution in [0.4, 0.5) is 4.39 Å². The third-order valence-corrected chi connectivity index (χ3v) is 3.25. The van der Waals surface area contributed by atoms with E-state index in [9.17, 15) is 9.18 Å². The molecule has 0 bridgehead atoms. The molecule has 0 N–H and O–H groups in total. The predicted octanol–water partition coefficient (Wildman–Crippen LogP) is 4.03. The van der Waals surface area contributed by atoms with E-state index in [1.54, 1.807) is 32.3 Å². The Labute approximate surface area is 135 Å². The van der Waals surface area contributed by atoms with Crippen LogP contribution in [0.1, 0.15) is 50.5 Å². The predicted molar refractivity (Wildman–Crippen MR) is 91.6 cm³/mol. The number of carbonyl (C=O) groups is 1. The molecule has 1 aromatic rings. The van der Waals surface area contributed by atoms with Crippen LogP contribution in [-0.4, -0.2) is 42.9 Å². The zero-order valence-corrected chi connectivity index (χ0v) is 15.1. The largest absolute Gasteiger partial charge is 0.345 e. The van der Waals surface area contributed by atoms with Gasteiger partial charge in [-0.15, -0.1) is 0 Å². The fourth-order valence-corrected chi connectivity index (χ4v) is 2.31. The number of halogens is 1. The molecule has 3 nitrogen and oxygen atoms in total. The van der Waals surface area contributed by atoms with Crippen LogP contribution in [0.15, 0.2) is 18.2 Å². The molecule has 0 spiro atoms. The van der Waals surface area contributed by atoms with Crippen LogP contribution in [0.2, 0.25) is 0 Å². The van der Waals surface area contributed by atoms with E-state index in [0.29, 0.717) is 18.0 Å². The normalized spacial score (nSPS) is 14.0. The fraction of sp³-hybridized carbons (Fsp3) is 0.611. The van der Waals surface area contributed by atoms with Crippen molar-refractivity contribution in [2.45, 2.75) is 41.2 Å². The molecule has 1 heterocycles. The molecule has 126 valence electrons. The average molecular weight is 310 g/mol. The molecule has 0 aliphatic carbocycles. The number of amides is 1. The van der Waals surface area contributed by atoms with Gasteiger partial charge in [0.1, 0.15) is 5.82 Å². The SMILES string of the molecule is CC.CC.CC1CN(Cc2cccc(C(=O)N(C)C)c2F)C1. The second kappa shape index (κ2) is 10.3.